The van der Waals surface area contributed by atoms with Crippen LogP contribution in [0.15, 0.2) is 0 Å². The lowest BCUT2D eigenvalue weighted by molar-refractivity contribution is -0.145. The first kappa shape index (κ1) is 15.2. The van der Waals surface area contributed by atoms with Crippen LogP contribution >= 0.6 is 11.8 Å². The normalized spacial score (nSPS) is 11.9. The number of aliphatic hydroxyl groups is 1. The van der Waals surface area contributed by atoms with Crippen molar-refractivity contribution >= 4 is 23.7 Å². The molecule has 0 aliphatic carbocycles. The molecule has 1 atom stereocenters. The number of aliphatic hydroxyl groups excluding tert-OH is 1. The molecular formula is C10H18O5S. The highest BCUT2D eigenvalue weighted by molar-refractivity contribution is 7.99. The number of hydrogen-bond acceptors (Lipinski definition) is 6. The van der Waals surface area contributed by atoms with Crippen molar-refractivity contribution in [1.29, 1.82) is 0 Å². The molecule has 0 aromatic heterocycles. The van der Waals surface area contributed by atoms with Gasteiger partial charge in [-0.2, -0.15) is 11.8 Å². The van der Waals surface area contributed by atoms with Crippen molar-refractivity contribution in [2.24, 2.45) is 5.92 Å². The van der Waals surface area contributed by atoms with Gasteiger partial charge in [-0.1, -0.05) is 0 Å². The number of methoxy groups -OCH3 is 2. The number of carbonyl (C=O) groups is 2. The summed E-state index contributed by atoms with van der Waals surface area (Å²) in [6.07, 6.45) is 0.619. The van der Waals surface area contributed by atoms with Gasteiger partial charge in [-0.3, -0.25) is 9.59 Å². The largest absolute Gasteiger partial charge is 0.469 e. The van der Waals surface area contributed by atoms with Gasteiger partial charge in [0, 0.05) is 17.9 Å². The van der Waals surface area contributed by atoms with E-state index in [9.17, 15) is 9.59 Å². The van der Waals surface area contributed by atoms with Gasteiger partial charge in [-0.05, 0) is 6.42 Å². The first-order chi connectivity index (χ1) is 7.65. The van der Waals surface area contributed by atoms with Gasteiger partial charge in [-0.15, -0.1) is 0 Å². The van der Waals surface area contributed by atoms with Gasteiger partial charge in [0.15, 0.2) is 0 Å². The SMILES string of the molecule is COC(=O)CCC(CSCCO)C(=O)OC. The summed E-state index contributed by atoms with van der Waals surface area (Å²) in [5, 5.41) is 8.62. The molecule has 0 aromatic carbocycles. The fourth-order valence-corrected chi connectivity index (χ4v) is 2.00. The minimum atomic E-state index is -0.332. The van der Waals surface area contributed by atoms with E-state index in [-0.39, 0.29) is 30.9 Å². The molecule has 0 saturated heterocycles. The Hall–Kier alpha value is -0.750. The van der Waals surface area contributed by atoms with Gasteiger partial charge in [0.2, 0.25) is 0 Å². The third-order valence-electron chi connectivity index (χ3n) is 2.01. The zero-order chi connectivity index (χ0) is 12.4. The molecule has 1 unspecified atom stereocenters. The van der Waals surface area contributed by atoms with Gasteiger partial charge < -0.3 is 14.6 Å². The highest BCUT2D eigenvalue weighted by Crippen LogP contribution is 2.16. The predicted molar refractivity (Wildman–Crippen MR) is 61.2 cm³/mol. The van der Waals surface area contributed by atoms with Gasteiger partial charge in [0.25, 0.3) is 0 Å². The predicted octanol–water partition coefficient (Wildman–Crippen LogP) is 0.454. The van der Waals surface area contributed by atoms with Crippen molar-refractivity contribution < 1.29 is 24.2 Å². The molecule has 0 radical (unpaired) electrons. The molecule has 94 valence electrons. The number of hydrogen-bond donors (Lipinski definition) is 1. The van der Waals surface area contributed by atoms with E-state index in [1.54, 1.807) is 0 Å². The molecule has 0 bridgehead atoms. The molecule has 0 fully saturated rings. The second-order valence-corrected chi connectivity index (χ2v) is 4.28. The van der Waals surface area contributed by atoms with Crippen molar-refractivity contribution in [2.75, 3.05) is 32.3 Å². The molecule has 0 aliphatic heterocycles. The first-order valence-electron chi connectivity index (χ1n) is 4.99. The maximum Gasteiger partial charge on any atom is 0.309 e. The van der Waals surface area contributed by atoms with Crippen molar-refractivity contribution in [3.8, 4) is 0 Å². The standard InChI is InChI=1S/C10H18O5S/c1-14-9(12)4-3-8(10(13)15-2)7-16-6-5-11/h8,11H,3-7H2,1-2H3. The molecule has 0 saturated carbocycles. The lowest BCUT2D eigenvalue weighted by Gasteiger charge is -2.13. The van der Waals surface area contributed by atoms with Gasteiger partial charge in [0.05, 0.1) is 26.7 Å². The van der Waals surface area contributed by atoms with Crippen LogP contribution in [0.5, 0.6) is 0 Å². The van der Waals surface area contributed by atoms with E-state index in [1.807, 2.05) is 0 Å². The van der Waals surface area contributed by atoms with E-state index >= 15 is 0 Å². The number of esters is 2. The molecule has 1 N–H and O–H groups in total. The fraction of sp³-hybridized carbons (Fsp3) is 0.800. The van der Waals surface area contributed by atoms with Crippen LogP contribution < -0.4 is 0 Å². The Balaban J connectivity index is 4.00. The minimum absolute atomic E-state index is 0.0789. The lowest BCUT2D eigenvalue weighted by Crippen LogP contribution is -2.20. The van der Waals surface area contributed by atoms with E-state index < -0.39 is 0 Å². The Morgan fingerprint density at radius 3 is 2.50 bits per heavy atom. The fourth-order valence-electron chi connectivity index (χ4n) is 1.12. The Kier molecular flexibility index (Phi) is 9.03. The number of carbonyl (C=O) groups excluding carboxylic acids is 2. The Morgan fingerprint density at radius 1 is 1.31 bits per heavy atom. The molecule has 0 rings (SSSR count). The van der Waals surface area contributed by atoms with Crippen LogP contribution in [-0.2, 0) is 19.1 Å². The minimum Gasteiger partial charge on any atom is -0.469 e. The van der Waals surface area contributed by atoms with Gasteiger partial charge in [0.1, 0.15) is 0 Å². The maximum atomic E-state index is 11.4. The molecule has 5 nitrogen and oxygen atoms in total. The van der Waals surface area contributed by atoms with Crippen molar-refractivity contribution in [2.45, 2.75) is 12.8 Å². The Morgan fingerprint density at radius 2 is 2.00 bits per heavy atom. The van der Waals surface area contributed by atoms with Crippen LogP contribution in [0.1, 0.15) is 12.8 Å². The summed E-state index contributed by atoms with van der Waals surface area (Å²) >= 11 is 1.46. The molecular weight excluding hydrogens is 232 g/mol. The summed E-state index contributed by atoms with van der Waals surface area (Å²) < 4.78 is 9.14. The molecule has 0 aromatic rings. The monoisotopic (exact) mass is 250 g/mol. The van der Waals surface area contributed by atoms with E-state index in [4.69, 9.17) is 5.11 Å². The van der Waals surface area contributed by atoms with E-state index in [0.29, 0.717) is 17.9 Å². The second kappa shape index (κ2) is 9.47. The smallest absolute Gasteiger partial charge is 0.309 e. The lowest BCUT2D eigenvalue weighted by atomic mass is 10.1. The highest BCUT2D eigenvalue weighted by Gasteiger charge is 2.20. The summed E-state index contributed by atoms with van der Waals surface area (Å²) in [6, 6.07) is 0. The number of ether oxygens (including phenoxy) is 2. The number of thioether (sulfide) groups is 1. The molecule has 16 heavy (non-hydrogen) atoms. The first-order valence-corrected chi connectivity index (χ1v) is 6.14. The van der Waals surface area contributed by atoms with Crippen LogP contribution in [0, 0.1) is 5.92 Å². The van der Waals surface area contributed by atoms with E-state index in [2.05, 4.69) is 9.47 Å². The van der Waals surface area contributed by atoms with Crippen LogP contribution in [0.3, 0.4) is 0 Å². The zero-order valence-corrected chi connectivity index (χ0v) is 10.4. The molecule has 0 heterocycles. The summed E-state index contributed by atoms with van der Waals surface area (Å²) in [7, 11) is 2.64. The third-order valence-corrected chi connectivity index (χ3v) is 3.12. The molecule has 6 heteroatoms. The summed E-state index contributed by atoms with van der Waals surface area (Å²) in [5.74, 6) is 0.145. The average Bonchev–Trinajstić information content (AvgIpc) is 2.32. The van der Waals surface area contributed by atoms with Crippen LogP contribution in [0.25, 0.3) is 0 Å². The Bertz CT molecular complexity index is 219. The summed E-state index contributed by atoms with van der Waals surface area (Å²) in [5.41, 5.74) is 0. The third kappa shape index (κ3) is 6.68. The average molecular weight is 250 g/mol. The van der Waals surface area contributed by atoms with Crippen LogP contribution in [0.4, 0.5) is 0 Å². The van der Waals surface area contributed by atoms with Crippen LogP contribution in [0.2, 0.25) is 0 Å². The topological polar surface area (TPSA) is 72.8 Å². The molecule has 0 aliphatic rings. The molecule has 0 amide bonds. The summed E-state index contributed by atoms with van der Waals surface area (Å²) in [4.78, 5) is 22.3. The maximum absolute atomic E-state index is 11.4. The van der Waals surface area contributed by atoms with E-state index in [0.717, 1.165) is 0 Å². The Labute approximate surface area is 99.5 Å². The quantitative estimate of drug-likeness (QED) is 0.498. The van der Waals surface area contributed by atoms with Gasteiger partial charge in [-0.25, -0.2) is 0 Å². The van der Waals surface area contributed by atoms with Crippen LogP contribution in [-0.4, -0.2) is 49.4 Å². The highest BCUT2D eigenvalue weighted by atomic mass is 32.2. The summed E-state index contributed by atoms with van der Waals surface area (Å²) in [6.45, 7) is 0.0789. The molecule has 0 spiro atoms. The van der Waals surface area contributed by atoms with E-state index in [1.165, 1.54) is 26.0 Å². The van der Waals surface area contributed by atoms with Gasteiger partial charge >= 0.3 is 11.9 Å². The van der Waals surface area contributed by atoms with Crippen molar-refractivity contribution in [3.63, 3.8) is 0 Å². The van der Waals surface area contributed by atoms with Crippen molar-refractivity contribution in [3.05, 3.63) is 0 Å². The zero-order valence-electron chi connectivity index (χ0n) is 9.60. The second-order valence-electron chi connectivity index (χ2n) is 3.13. The number of rotatable bonds is 8. The van der Waals surface area contributed by atoms with Crippen molar-refractivity contribution in [1.82, 2.24) is 0 Å².